The van der Waals surface area contributed by atoms with Crippen molar-refractivity contribution in [3.05, 3.63) is 18.6 Å². The summed E-state index contributed by atoms with van der Waals surface area (Å²) in [5, 5.41) is 11.5. The molecule has 0 amide bonds. The van der Waals surface area contributed by atoms with E-state index in [0.29, 0.717) is 5.82 Å². The number of rotatable bonds is 2. The molecular formula is C6H9N3O. The minimum Gasteiger partial charge on any atom is -0.374 e. The molecule has 0 aliphatic heterocycles. The van der Waals surface area contributed by atoms with Gasteiger partial charge >= 0.3 is 0 Å². The van der Waals surface area contributed by atoms with Crippen LogP contribution in [0.2, 0.25) is 0 Å². The predicted molar refractivity (Wildman–Crippen MR) is 37.3 cm³/mol. The lowest BCUT2D eigenvalue weighted by Crippen LogP contribution is -2.14. The van der Waals surface area contributed by atoms with Crippen molar-refractivity contribution in [3.8, 4) is 0 Å². The Labute approximate surface area is 58.9 Å². The lowest BCUT2D eigenvalue weighted by atomic mass is 10.5. The van der Waals surface area contributed by atoms with Crippen LogP contribution in [0.1, 0.15) is 6.92 Å². The van der Waals surface area contributed by atoms with E-state index in [1.54, 1.807) is 19.2 Å². The molecule has 0 aliphatic carbocycles. The first kappa shape index (κ1) is 6.95. The second kappa shape index (κ2) is 3.12. The van der Waals surface area contributed by atoms with E-state index in [1.807, 2.05) is 0 Å². The van der Waals surface area contributed by atoms with E-state index in [0.717, 1.165) is 0 Å². The van der Waals surface area contributed by atoms with Crippen LogP contribution in [-0.2, 0) is 0 Å². The van der Waals surface area contributed by atoms with Gasteiger partial charge in [-0.25, -0.2) is 9.97 Å². The first-order chi connectivity index (χ1) is 4.79. The number of nitrogens with zero attached hydrogens (tertiary/aromatic N) is 2. The van der Waals surface area contributed by atoms with Gasteiger partial charge < -0.3 is 10.4 Å². The lowest BCUT2D eigenvalue weighted by Gasteiger charge is -2.05. The molecule has 0 bridgehead atoms. The number of hydrogen-bond donors (Lipinski definition) is 2. The molecule has 0 radical (unpaired) electrons. The summed E-state index contributed by atoms with van der Waals surface area (Å²) in [6, 6.07) is 1.69. The van der Waals surface area contributed by atoms with Gasteiger partial charge in [0.15, 0.2) is 0 Å². The second-order valence-corrected chi connectivity index (χ2v) is 1.91. The van der Waals surface area contributed by atoms with Gasteiger partial charge in [-0.3, -0.25) is 0 Å². The highest BCUT2D eigenvalue weighted by molar-refractivity contribution is 5.31. The van der Waals surface area contributed by atoms with E-state index in [1.165, 1.54) is 6.33 Å². The molecule has 0 spiro atoms. The van der Waals surface area contributed by atoms with Gasteiger partial charge in [-0.2, -0.15) is 0 Å². The van der Waals surface area contributed by atoms with Crippen LogP contribution in [-0.4, -0.2) is 21.3 Å². The zero-order valence-electron chi connectivity index (χ0n) is 5.65. The van der Waals surface area contributed by atoms with Gasteiger partial charge in [-0.05, 0) is 13.0 Å². The Kier molecular flexibility index (Phi) is 2.17. The van der Waals surface area contributed by atoms with Crippen molar-refractivity contribution in [3.63, 3.8) is 0 Å². The van der Waals surface area contributed by atoms with E-state index >= 15 is 0 Å². The van der Waals surface area contributed by atoms with Crippen molar-refractivity contribution in [1.82, 2.24) is 9.97 Å². The van der Waals surface area contributed by atoms with Gasteiger partial charge in [0.25, 0.3) is 0 Å². The second-order valence-electron chi connectivity index (χ2n) is 1.91. The Morgan fingerprint density at radius 1 is 1.70 bits per heavy atom. The molecule has 2 N–H and O–H groups in total. The van der Waals surface area contributed by atoms with Crippen LogP contribution in [0.3, 0.4) is 0 Å². The van der Waals surface area contributed by atoms with Crippen LogP contribution in [0.25, 0.3) is 0 Å². The molecule has 0 fully saturated rings. The molecule has 1 atom stereocenters. The Morgan fingerprint density at radius 2 is 2.50 bits per heavy atom. The van der Waals surface area contributed by atoms with Gasteiger partial charge in [0.05, 0.1) is 0 Å². The molecule has 0 saturated carbocycles. The summed E-state index contributed by atoms with van der Waals surface area (Å²) >= 11 is 0. The third-order valence-electron chi connectivity index (χ3n) is 0.939. The molecule has 1 unspecified atom stereocenters. The Bertz CT molecular complexity index is 187. The molecule has 4 nitrogen and oxygen atoms in total. The smallest absolute Gasteiger partial charge is 0.131 e. The number of aliphatic hydroxyl groups is 1. The zero-order valence-corrected chi connectivity index (χ0v) is 5.65. The SMILES string of the molecule is CC(O)Nc1ccncn1. The lowest BCUT2D eigenvalue weighted by molar-refractivity contribution is 0.224. The van der Waals surface area contributed by atoms with E-state index in [9.17, 15) is 0 Å². The molecule has 1 heterocycles. The molecule has 1 rings (SSSR count). The largest absolute Gasteiger partial charge is 0.374 e. The molecule has 1 aromatic rings. The summed E-state index contributed by atoms with van der Waals surface area (Å²) in [5.41, 5.74) is 0. The van der Waals surface area contributed by atoms with Gasteiger partial charge in [-0.1, -0.05) is 0 Å². The summed E-state index contributed by atoms with van der Waals surface area (Å²) in [5.74, 6) is 0.630. The average Bonchev–Trinajstić information content (AvgIpc) is 1.88. The normalized spacial score (nSPS) is 12.6. The number of aromatic nitrogens is 2. The minimum atomic E-state index is -0.574. The van der Waals surface area contributed by atoms with Crippen LogP contribution in [0.5, 0.6) is 0 Å². The van der Waals surface area contributed by atoms with Gasteiger partial charge in [0.1, 0.15) is 18.4 Å². The van der Waals surface area contributed by atoms with Crippen molar-refractivity contribution in [2.45, 2.75) is 13.2 Å². The maximum Gasteiger partial charge on any atom is 0.131 e. The standard InChI is InChI=1S/C6H9N3O/c1-5(10)9-6-2-3-7-4-8-6/h2-5,10H,1H3,(H,7,8,9). The third-order valence-corrected chi connectivity index (χ3v) is 0.939. The van der Waals surface area contributed by atoms with Gasteiger partial charge in [0.2, 0.25) is 0 Å². The highest BCUT2D eigenvalue weighted by Gasteiger charge is 1.93. The molecule has 10 heavy (non-hydrogen) atoms. The summed E-state index contributed by atoms with van der Waals surface area (Å²) in [6.45, 7) is 1.63. The van der Waals surface area contributed by atoms with Crippen LogP contribution in [0.15, 0.2) is 18.6 Å². The molecule has 0 aromatic carbocycles. The number of aliphatic hydroxyl groups excluding tert-OH is 1. The quantitative estimate of drug-likeness (QED) is 0.576. The number of nitrogens with one attached hydrogen (secondary N) is 1. The maximum absolute atomic E-state index is 8.83. The van der Waals surface area contributed by atoms with E-state index in [2.05, 4.69) is 15.3 Å². The Morgan fingerprint density at radius 3 is 3.00 bits per heavy atom. The highest BCUT2D eigenvalue weighted by atomic mass is 16.3. The van der Waals surface area contributed by atoms with Crippen molar-refractivity contribution >= 4 is 5.82 Å². The maximum atomic E-state index is 8.83. The zero-order chi connectivity index (χ0) is 7.40. The number of hydrogen-bond acceptors (Lipinski definition) is 4. The fraction of sp³-hybridized carbons (Fsp3) is 0.333. The van der Waals surface area contributed by atoms with Crippen LogP contribution in [0.4, 0.5) is 5.82 Å². The van der Waals surface area contributed by atoms with Crippen molar-refractivity contribution in [2.24, 2.45) is 0 Å². The van der Waals surface area contributed by atoms with Crippen molar-refractivity contribution in [1.29, 1.82) is 0 Å². The van der Waals surface area contributed by atoms with Crippen LogP contribution in [0, 0.1) is 0 Å². The summed E-state index contributed by atoms with van der Waals surface area (Å²) in [7, 11) is 0. The van der Waals surface area contributed by atoms with Crippen molar-refractivity contribution < 1.29 is 5.11 Å². The predicted octanol–water partition coefficient (Wildman–Crippen LogP) is 0.227. The van der Waals surface area contributed by atoms with E-state index in [-0.39, 0.29) is 0 Å². The first-order valence-electron chi connectivity index (χ1n) is 2.99. The Hall–Kier alpha value is -1.16. The van der Waals surface area contributed by atoms with E-state index < -0.39 is 6.23 Å². The minimum absolute atomic E-state index is 0.574. The first-order valence-corrected chi connectivity index (χ1v) is 2.99. The fourth-order valence-corrected chi connectivity index (χ4v) is 0.590. The van der Waals surface area contributed by atoms with Crippen LogP contribution < -0.4 is 5.32 Å². The number of anilines is 1. The highest BCUT2D eigenvalue weighted by Crippen LogP contribution is 1.98. The third kappa shape index (κ3) is 1.99. The Balaban J connectivity index is 2.59. The molecule has 54 valence electrons. The van der Waals surface area contributed by atoms with E-state index in [4.69, 9.17) is 5.11 Å². The molecule has 0 saturated heterocycles. The average molecular weight is 139 g/mol. The topological polar surface area (TPSA) is 58.0 Å². The molecular weight excluding hydrogens is 130 g/mol. The van der Waals surface area contributed by atoms with Gasteiger partial charge in [0, 0.05) is 6.20 Å². The van der Waals surface area contributed by atoms with Crippen LogP contribution >= 0.6 is 0 Å². The molecule has 0 aliphatic rings. The summed E-state index contributed by atoms with van der Waals surface area (Å²) in [4.78, 5) is 7.56. The summed E-state index contributed by atoms with van der Waals surface area (Å²) < 4.78 is 0. The monoisotopic (exact) mass is 139 g/mol. The molecule has 4 heteroatoms. The van der Waals surface area contributed by atoms with Crippen molar-refractivity contribution in [2.75, 3.05) is 5.32 Å². The molecule has 1 aromatic heterocycles. The fourth-order valence-electron chi connectivity index (χ4n) is 0.590. The van der Waals surface area contributed by atoms with Gasteiger partial charge in [-0.15, -0.1) is 0 Å². The summed E-state index contributed by atoms with van der Waals surface area (Å²) in [6.07, 6.45) is 2.46.